The molecule has 6 heteroatoms. The fourth-order valence-electron chi connectivity index (χ4n) is 5.16. The van der Waals surface area contributed by atoms with E-state index in [0.29, 0.717) is 12.1 Å². The lowest BCUT2D eigenvalue weighted by atomic mass is 9.92. The molecule has 2 unspecified atom stereocenters. The number of rotatable bonds is 4. The van der Waals surface area contributed by atoms with E-state index in [0.717, 1.165) is 70.2 Å². The van der Waals surface area contributed by atoms with Crippen LogP contribution in [0.4, 0.5) is 5.69 Å². The van der Waals surface area contributed by atoms with Crippen LogP contribution in [0.25, 0.3) is 0 Å². The van der Waals surface area contributed by atoms with E-state index in [1.165, 1.54) is 11.3 Å². The van der Waals surface area contributed by atoms with E-state index < -0.39 is 0 Å². The lowest BCUT2D eigenvalue weighted by Crippen LogP contribution is -2.47. The van der Waals surface area contributed by atoms with Crippen LogP contribution in [0.3, 0.4) is 0 Å². The molecule has 30 heavy (non-hydrogen) atoms. The highest BCUT2D eigenvalue weighted by molar-refractivity contribution is 5.58. The standard InChI is InChI=1S/C24H33N5O/c1-27-10-12-29(13-11-27)21-6-3-5-18-16-26-19(15-20(18)21)17-28(2)22-8-14-30-23-7-4-9-25-24(22)23/h3-7,9,19,22,26H,8,10-17H2,1-2H3. The Kier molecular flexibility index (Phi) is 5.63. The summed E-state index contributed by atoms with van der Waals surface area (Å²) >= 11 is 0. The van der Waals surface area contributed by atoms with Gasteiger partial charge in [0.05, 0.1) is 18.3 Å². The van der Waals surface area contributed by atoms with Crippen molar-refractivity contribution in [1.82, 2.24) is 20.1 Å². The molecule has 160 valence electrons. The number of benzene rings is 1. The Morgan fingerprint density at radius 1 is 1.17 bits per heavy atom. The second-order valence-electron chi connectivity index (χ2n) is 8.97. The monoisotopic (exact) mass is 407 g/mol. The van der Waals surface area contributed by atoms with Crippen LogP contribution in [-0.2, 0) is 13.0 Å². The van der Waals surface area contributed by atoms with Gasteiger partial charge in [0.1, 0.15) is 5.75 Å². The van der Waals surface area contributed by atoms with Gasteiger partial charge >= 0.3 is 0 Å². The molecule has 4 heterocycles. The van der Waals surface area contributed by atoms with Crippen LogP contribution in [0, 0.1) is 0 Å². The van der Waals surface area contributed by atoms with Crippen molar-refractivity contribution < 1.29 is 4.74 Å². The summed E-state index contributed by atoms with van der Waals surface area (Å²) in [6, 6.07) is 11.6. The summed E-state index contributed by atoms with van der Waals surface area (Å²) in [5, 5.41) is 3.79. The zero-order valence-electron chi connectivity index (χ0n) is 18.2. The third-order valence-corrected chi connectivity index (χ3v) is 6.93. The molecule has 0 radical (unpaired) electrons. The molecule has 3 aliphatic heterocycles. The Morgan fingerprint density at radius 2 is 2.03 bits per heavy atom. The first-order valence-corrected chi connectivity index (χ1v) is 11.2. The Hall–Kier alpha value is -2.15. The molecule has 2 atom stereocenters. The first-order valence-electron chi connectivity index (χ1n) is 11.2. The van der Waals surface area contributed by atoms with Gasteiger partial charge in [0, 0.05) is 63.6 Å². The summed E-state index contributed by atoms with van der Waals surface area (Å²) in [5.41, 5.74) is 5.54. The molecule has 1 N–H and O–H groups in total. The normalized spacial score (nSPS) is 24.3. The SMILES string of the molecule is CN1CCN(c2cccc3c2CC(CN(C)C2CCOc4cccnc42)NC3)CC1. The van der Waals surface area contributed by atoms with Crippen LogP contribution < -0.4 is 15.0 Å². The van der Waals surface area contributed by atoms with Crippen molar-refractivity contribution in [2.24, 2.45) is 0 Å². The number of nitrogens with one attached hydrogen (secondary N) is 1. The van der Waals surface area contributed by atoms with Crippen molar-refractivity contribution in [3.8, 4) is 5.75 Å². The van der Waals surface area contributed by atoms with Gasteiger partial charge in [-0.3, -0.25) is 9.88 Å². The molecule has 3 aliphatic rings. The minimum atomic E-state index is 0.325. The summed E-state index contributed by atoms with van der Waals surface area (Å²) in [7, 11) is 4.45. The number of hydrogen-bond donors (Lipinski definition) is 1. The molecule has 1 aromatic heterocycles. The predicted molar refractivity (Wildman–Crippen MR) is 120 cm³/mol. The Bertz CT molecular complexity index is 880. The van der Waals surface area contributed by atoms with E-state index in [4.69, 9.17) is 4.74 Å². The zero-order chi connectivity index (χ0) is 20.5. The lowest BCUT2D eigenvalue weighted by Gasteiger charge is -2.39. The number of nitrogens with zero attached hydrogens (tertiary/aromatic N) is 4. The number of fused-ring (bicyclic) bond motifs is 2. The van der Waals surface area contributed by atoms with Crippen molar-refractivity contribution in [1.29, 1.82) is 0 Å². The first-order chi connectivity index (χ1) is 14.7. The molecule has 0 amide bonds. The summed E-state index contributed by atoms with van der Waals surface area (Å²) in [6.45, 7) is 7.26. The van der Waals surface area contributed by atoms with Gasteiger partial charge in [-0.1, -0.05) is 12.1 Å². The highest BCUT2D eigenvalue weighted by Gasteiger charge is 2.30. The third-order valence-electron chi connectivity index (χ3n) is 6.93. The molecule has 6 nitrogen and oxygen atoms in total. The van der Waals surface area contributed by atoms with Gasteiger partial charge in [-0.15, -0.1) is 0 Å². The Labute approximate surface area is 179 Å². The predicted octanol–water partition coefficient (Wildman–Crippen LogP) is 2.30. The van der Waals surface area contributed by atoms with Gasteiger partial charge in [0.25, 0.3) is 0 Å². The molecule has 1 saturated heterocycles. The molecule has 1 fully saturated rings. The van der Waals surface area contributed by atoms with E-state index >= 15 is 0 Å². The van der Waals surface area contributed by atoms with Crippen molar-refractivity contribution in [2.45, 2.75) is 31.5 Å². The van der Waals surface area contributed by atoms with Crippen molar-refractivity contribution in [3.05, 3.63) is 53.3 Å². The number of ether oxygens (including phenoxy) is 1. The van der Waals surface area contributed by atoms with Crippen molar-refractivity contribution in [3.63, 3.8) is 0 Å². The number of hydrogen-bond acceptors (Lipinski definition) is 6. The number of aromatic nitrogens is 1. The van der Waals surface area contributed by atoms with Gasteiger partial charge in [0.2, 0.25) is 0 Å². The van der Waals surface area contributed by atoms with Crippen molar-refractivity contribution in [2.75, 3.05) is 58.3 Å². The molecular weight excluding hydrogens is 374 g/mol. The average Bonchev–Trinajstić information content (AvgIpc) is 2.79. The zero-order valence-corrected chi connectivity index (χ0v) is 18.2. The van der Waals surface area contributed by atoms with E-state index in [-0.39, 0.29) is 0 Å². The average molecular weight is 408 g/mol. The molecule has 2 aromatic rings. The maximum Gasteiger partial charge on any atom is 0.142 e. The fraction of sp³-hybridized carbons (Fsp3) is 0.542. The maximum atomic E-state index is 5.82. The molecule has 5 rings (SSSR count). The van der Waals surface area contributed by atoms with E-state index in [1.54, 1.807) is 5.56 Å². The second kappa shape index (κ2) is 8.53. The van der Waals surface area contributed by atoms with Crippen LogP contribution >= 0.6 is 0 Å². The van der Waals surface area contributed by atoms with Crippen LogP contribution in [0.1, 0.15) is 29.3 Å². The first kappa shape index (κ1) is 19.8. The quantitative estimate of drug-likeness (QED) is 0.839. The van der Waals surface area contributed by atoms with Gasteiger partial charge < -0.3 is 19.9 Å². The Morgan fingerprint density at radius 3 is 2.90 bits per heavy atom. The second-order valence-corrected chi connectivity index (χ2v) is 8.97. The third kappa shape index (κ3) is 3.92. The number of anilines is 1. The largest absolute Gasteiger partial charge is 0.492 e. The van der Waals surface area contributed by atoms with E-state index in [1.807, 2.05) is 18.3 Å². The molecular formula is C24H33N5O. The Balaban J connectivity index is 1.30. The van der Waals surface area contributed by atoms with Crippen LogP contribution in [-0.4, -0.2) is 74.3 Å². The number of likely N-dealkylation sites (N-methyl/N-ethyl adjacent to an activating group) is 2. The number of piperazine rings is 1. The molecule has 0 saturated carbocycles. The maximum absolute atomic E-state index is 5.82. The van der Waals surface area contributed by atoms with Gasteiger partial charge in [0.15, 0.2) is 0 Å². The lowest BCUT2D eigenvalue weighted by molar-refractivity contribution is 0.148. The van der Waals surface area contributed by atoms with Gasteiger partial charge in [-0.05, 0) is 49.8 Å². The summed E-state index contributed by atoms with van der Waals surface area (Å²) in [5.74, 6) is 0.944. The summed E-state index contributed by atoms with van der Waals surface area (Å²) < 4.78 is 5.82. The minimum absolute atomic E-state index is 0.325. The minimum Gasteiger partial charge on any atom is -0.492 e. The van der Waals surface area contributed by atoms with Gasteiger partial charge in [-0.2, -0.15) is 0 Å². The fourth-order valence-corrected chi connectivity index (χ4v) is 5.16. The topological polar surface area (TPSA) is 43.9 Å². The number of pyridine rings is 1. The van der Waals surface area contributed by atoms with Crippen LogP contribution in [0.5, 0.6) is 5.75 Å². The molecule has 0 bridgehead atoms. The summed E-state index contributed by atoms with van der Waals surface area (Å²) in [6.07, 6.45) is 3.96. The molecule has 0 spiro atoms. The van der Waals surface area contributed by atoms with Crippen LogP contribution in [0.15, 0.2) is 36.5 Å². The smallest absolute Gasteiger partial charge is 0.142 e. The van der Waals surface area contributed by atoms with Gasteiger partial charge in [-0.25, -0.2) is 0 Å². The van der Waals surface area contributed by atoms with E-state index in [2.05, 4.69) is 57.3 Å². The summed E-state index contributed by atoms with van der Waals surface area (Å²) in [4.78, 5) is 12.1. The highest BCUT2D eigenvalue weighted by atomic mass is 16.5. The highest BCUT2D eigenvalue weighted by Crippen LogP contribution is 2.34. The van der Waals surface area contributed by atoms with E-state index in [9.17, 15) is 0 Å². The molecule has 0 aliphatic carbocycles. The molecule has 1 aromatic carbocycles. The van der Waals surface area contributed by atoms with Crippen molar-refractivity contribution >= 4 is 5.69 Å². The van der Waals surface area contributed by atoms with Crippen LogP contribution in [0.2, 0.25) is 0 Å².